The van der Waals surface area contributed by atoms with Crippen LogP contribution >= 0.6 is 0 Å². The van der Waals surface area contributed by atoms with Gasteiger partial charge in [-0.05, 0) is 86.5 Å². The standard InChI is InChI=1S/C31H34N2/c1-22-15-20-30(32)23(2)33(31-14-7-6-13-29(22)31)28-18-16-25(17-19-28)27-12-8-11-26(21-27)24-9-4-3-5-10-24/h4,6-16,18,20,23,26H,3,5,17,19,21,32H2,1-2H3/b22-15+,30-20+. The quantitative estimate of drug-likeness (QED) is 0.533. The summed E-state index contributed by atoms with van der Waals surface area (Å²) < 4.78 is 0. The van der Waals surface area contributed by atoms with E-state index in [-0.39, 0.29) is 6.04 Å². The van der Waals surface area contributed by atoms with Crippen LogP contribution in [0.15, 0.2) is 113 Å². The van der Waals surface area contributed by atoms with Crippen LogP contribution in [0.5, 0.6) is 0 Å². The van der Waals surface area contributed by atoms with Gasteiger partial charge in [-0.2, -0.15) is 0 Å². The van der Waals surface area contributed by atoms with Crippen molar-refractivity contribution < 1.29 is 0 Å². The average Bonchev–Trinajstić information content (AvgIpc) is 2.88. The Kier molecular flexibility index (Phi) is 6.09. The summed E-state index contributed by atoms with van der Waals surface area (Å²) in [6.07, 6.45) is 28.4. The molecular formula is C31H34N2. The molecule has 5 rings (SSSR count). The Balaban J connectivity index is 1.43. The van der Waals surface area contributed by atoms with Crippen LogP contribution in [0.3, 0.4) is 0 Å². The van der Waals surface area contributed by atoms with Gasteiger partial charge in [0.1, 0.15) is 0 Å². The number of allylic oxidation sites excluding steroid dienone is 15. The molecule has 0 aromatic heterocycles. The minimum atomic E-state index is 0.114. The maximum atomic E-state index is 6.50. The highest BCUT2D eigenvalue weighted by Gasteiger charge is 2.26. The van der Waals surface area contributed by atoms with E-state index < -0.39 is 0 Å². The molecule has 2 nitrogen and oxygen atoms in total. The van der Waals surface area contributed by atoms with E-state index in [0.717, 1.165) is 25.0 Å². The molecule has 0 fully saturated rings. The van der Waals surface area contributed by atoms with E-state index in [9.17, 15) is 0 Å². The van der Waals surface area contributed by atoms with Gasteiger partial charge in [0.15, 0.2) is 0 Å². The van der Waals surface area contributed by atoms with Gasteiger partial charge in [0.25, 0.3) is 0 Å². The second kappa shape index (κ2) is 9.31. The first-order valence-corrected chi connectivity index (χ1v) is 12.3. The van der Waals surface area contributed by atoms with Crippen LogP contribution in [0.2, 0.25) is 0 Å². The second-order valence-electron chi connectivity index (χ2n) is 9.50. The van der Waals surface area contributed by atoms with Crippen molar-refractivity contribution in [3.8, 4) is 0 Å². The van der Waals surface area contributed by atoms with Gasteiger partial charge < -0.3 is 10.6 Å². The summed E-state index contributed by atoms with van der Waals surface area (Å²) in [6, 6.07) is 8.81. The molecule has 0 saturated carbocycles. The van der Waals surface area contributed by atoms with E-state index in [4.69, 9.17) is 5.73 Å². The highest BCUT2D eigenvalue weighted by atomic mass is 15.2. The van der Waals surface area contributed by atoms with Crippen LogP contribution in [0.1, 0.15) is 51.5 Å². The van der Waals surface area contributed by atoms with Crippen molar-refractivity contribution in [2.75, 3.05) is 4.90 Å². The highest BCUT2D eigenvalue weighted by Crippen LogP contribution is 2.39. The molecule has 4 aliphatic rings. The molecule has 2 unspecified atom stereocenters. The largest absolute Gasteiger partial charge is 0.400 e. The van der Waals surface area contributed by atoms with Crippen LogP contribution in [-0.4, -0.2) is 6.04 Å². The number of nitrogens with zero attached hydrogens (tertiary/aromatic N) is 1. The third-order valence-corrected chi connectivity index (χ3v) is 7.37. The summed E-state index contributed by atoms with van der Waals surface area (Å²) in [7, 11) is 0. The fraction of sp³-hybridized carbons (Fsp3) is 0.290. The first-order valence-electron chi connectivity index (χ1n) is 12.3. The molecule has 0 amide bonds. The minimum Gasteiger partial charge on any atom is -0.400 e. The normalized spacial score (nSPS) is 28.1. The molecule has 0 bridgehead atoms. The van der Waals surface area contributed by atoms with E-state index in [1.165, 1.54) is 52.1 Å². The van der Waals surface area contributed by atoms with Crippen molar-refractivity contribution in [2.24, 2.45) is 11.7 Å². The van der Waals surface area contributed by atoms with Gasteiger partial charge in [0.05, 0.1) is 6.04 Å². The van der Waals surface area contributed by atoms with E-state index in [2.05, 4.69) is 104 Å². The third kappa shape index (κ3) is 4.35. The van der Waals surface area contributed by atoms with Gasteiger partial charge in [-0.25, -0.2) is 0 Å². The summed E-state index contributed by atoms with van der Waals surface area (Å²) in [5, 5.41) is 0. The van der Waals surface area contributed by atoms with E-state index >= 15 is 0 Å². The lowest BCUT2D eigenvalue weighted by Crippen LogP contribution is -2.37. The van der Waals surface area contributed by atoms with Crippen molar-refractivity contribution in [1.82, 2.24) is 0 Å². The summed E-state index contributed by atoms with van der Waals surface area (Å²) in [6.45, 7) is 4.38. The molecular weight excluding hydrogens is 400 g/mol. The molecule has 1 heterocycles. The number of para-hydroxylation sites is 1. The Hall–Kier alpha value is -3.26. The average molecular weight is 435 g/mol. The second-order valence-corrected chi connectivity index (χ2v) is 9.50. The summed E-state index contributed by atoms with van der Waals surface area (Å²) >= 11 is 0. The fourth-order valence-corrected chi connectivity index (χ4v) is 5.38. The highest BCUT2D eigenvalue weighted by molar-refractivity contribution is 5.79. The molecule has 33 heavy (non-hydrogen) atoms. The topological polar surface area (TPSA) is 29.3 Å². The van der Waals surface area contributed by atoms with Crippen molar-refractivity contribution >= 4 is 11.3 Å². The Morgan fingerprint density at radius 1 is 0.939 bits per heavy atom. The number of benzene rings is 1. The first kappa shape index (κ1) is 21.6. The molecule has 2 atom stereocenters. The Bertz CT molecular complexity index is 1180. The van der Waals surface area contributed by atoms with Crippen molar-refractivity contribution in [2.45, 2.75) is 52.0 Å². The van der Waals surface area contributed by atoms with Crippen LogP contribution in [0.4, 0.5) is 5.69 Å². The zero-order valence-corrected chi connectivity index (χ0v) is 19.8. The van der Waals surface area contributed by atoms with Gasteiger partial charge in [-0.15, -0.1) is 0 Å². The van der Waals surface area contributed by atoms with Crippen LogP contribution in [0, 0.1) is 5.92 Å². The number of fused-ring (bicyclic) bond motifs is 1. The van der Waals surface area contributed by atoms with Crippen molar-refractivity contribution in [1.29, 1.82) is 0 Å². The molecule has 0 radical (unpaired) electrons. The Morgan fingerprint density at radius 3 is 2.61 bits per heavy atom. The van der Waals surface area contributed by atoms with E-state index in [1.807, 2.05) is 0 Å². The van der Waals surface area contributed by atoms with Gasteiger partial charge >= 0.3 is 0 Å². The predicted octanol–water partition coefficient (Wildman–Crippen LogP) is 7.52. The van der Waals surface area contributed by atoms with Crippen molar-refractivity contribution in [3.05, 3.63) is 119 Å². The van der Waals surface area contributed by atoms with Crippen LogP contribution in [-0.2, 0) is 0 Å². The smallest absolute Gasteiger partial charge is 0.0704 e. The maximum absolute atomic E-state index is 6.50. The monoisotopic (exact) mass is 434 g/mol. The van der Waals surface area contributed by atoms with Gasteiger partial charge in [-0.1, -0.05) is 66.8 Å². The zero-order valence-electron chi connectivity index (χ0n) is 19.8. The van der Waals surface area contributed by atoms with Crippen LogP contribution in [0.25, 0.3) is 5.57 Å². The minimum absolute atomic E-state index is 0.114. The number of hydrogen-bond donors (Lipinski definition) is 1. The van der Waals surface area contributed by atoms with Gasteiger partial charge in [0, 0.05) is 28.6 Å². The number of anilines is 1. The molecule has 0 spiro atoms. The molecule has 168 valence electrons. The Morgan fingerprint density at radius 2 is 1.82 bits per heavy atom. The predicted molar refractivity (Wildman–Crippen MR) is 141 cm³/mol. The maximum Gasteiger partial charge on any atom is 0.0704 e. The van der Waals surface area contributed by atoms with Gasteiger partial charge in [-0.3, -0.25) is 0 Å². The molecule has 0 saturated heterocycles. The summed E-state index contributed by atoms with van der Waals surface area (Å²) in [4.78, 5) is 2.44. The SMILES string of the molecule is C/C1=C\C=C(\N)C(C)N(C2=CC=C(C3=CC=CC(C4=CCCC=C4)C3)CC2)c2ccccc21. The molecule has 2 N–H and O–H groups in total. The fourth-order valence-electron chi connectivity index (χ4n) is 5.38. The molecule has 2 heteroatoms. The van der Waals surface area contributed by atoms with E-state index in [0.29, 0.717) is 5.92 Å². The Labute approximate surface area is 198 Å². The lowest BCUT2D eigenvalue weighted by atomic mass is 9.81. The molecule has 1 aromatic carbocycles. The molecule has 1 aliphatic heterocycles. The summed E-state index contributed by atoms with van der Waals surface area (Å²) in [5.74, 6) is 0.508. The summed E-state index contributed by atoms with van der Waals surface area (Å²) in [5.41, 5.74) is 16.9. The van der Waals surface area contributed by atoms with Crippen LogP contribution < -0.4 is 10.6 Å². The molecule has 1 aromatic rings. The van der Waals surface area contributed by atoms with Gasteiger partial charge in [0.2, 0.25) is 0 Å². The zero-order chi connectivity index (χ0) is 22.8. The number of nitrogens with two attached hydrogens (primary N) is 1. The third-order valence-electron chi connectivity index (χ3n) is 7.37. The van der Waals surface area contributed by atoms with E-state index in [1.54, 1.807) is 0 Å². The lowest BCUT2D eigenvalue weighted by Gasteiger charge is -2.37. The number of rotatable bonds is 3. The number of hydrogen-bond acceptors (Lipinski definition) is 2. The molecule has 3 aliphatic carbocycles. The lowest BCUT2D eigenvalue weighted by molar-refractivity contribution is 0.708. The van der Waals surface area contributed by atoms with Crippen molar-refractivity contribution in [3.63, 3.8) is 0 Å². The first-order chi connectivity index (χ1) is 16.1.